The first-order chi connectivity index (χ1) is 15.2. The van der Waals surface area contributed by atoms with Crippen LogP contribution in [0.25, 0.3) is 6.08 Å². The Labute approximate surface area is 186 Å². The molecule has 1 aromatic heterocycles. The lowest BCUT2D eigenvalue weighted by atomic mass is 10.1. The smallest absolute Gasteiger partial charge is 0.331 e. The minimum atomic E-state index is -1.08. The monoisotopic (exact) mass is 435 g/mol. The number of carbonyl (C=O) groups is 2. The zero-order chi connectivity index (χ0) is 23.3. The molecule has 3 aromatic rings. The van der Waals surface area contributed by atoms with Crippen LogP contribution < -0.4 is 5.32 Å². The van der Waals surface area contributed by atoms with E-state index in [2.05, 4.69) is 34.7 Å². The second-order valence-corrected chi connectivity index (χ2v) is 7.61. The molecule has 0 spiro atoms. The topological polar surface area (TPSA) is 73.2 Å². The molecule has 0 aliphatic heterocycles. The largest absolute Gasteiger partial charge is 0.449 e. The highest BCUT2D eigenvalue weighted by Crippen LogP contribution is 2.17. The van der Waals surface area contributed by atoms with E-state index in [1.807, 2.05) is 25.5 Å². The molecular weight excluding hydrogens is 409 g/mol. The van der Waals surface area contributed by atoms with Gasteiger partial charge in [-0.05, 0) is 51.5 Å². The van der Waals surface area contributed by atoms with E-state index < -0.39 is 23.8 Å². The first-order valence-corrected chi connectivity index (χ1v) is 10.3. The Balaban J connectivity index is 1.62. The number of esters is 1. The molecule has 166 valence electrons. The first-order valence-electron chi connectivity index (χ1n) is 10.3. The number of hydrogen-bond donors (Lipinski definition) is 1. The summed E-state index contributed by atoms with van der Waals surface area (Å²) in [6.07, 6.45) is 1.81. The molecule has 0 saturated carbocycles. The molecule has 1 unspecified atom stereocenters. The van der Waals surface area contributed by atoms with Crippen molar-refractivity contribution in [3.8, 4) is 0 Å². The maximum Gasteiger partial charge on any atom is 0.331 e. The number of amides is 1. The van der Waals surface area contributed by atoms with E-state index in [-0.39, 0.29) is 5.69 Å². The van der Waals surface area contributed by atoms with Gasteiger partial charge >= 0.3 is 5.97 Å². The van der Waals surface area contributed by atoms with Crippen LogP contribution in [0, 0.1) is 26.6 Å². The number of nitrogens with zero attached hydrogens (tertiary/aromatic N) is 2. The molecule has 1 atom stereocenters. The van der Waals surface area contributed by atoms with Crippen LogP contribution >= 0.6 is 0 Å². The van der Waals surface area contributed by atoms with Crippen LogP contribution in [0.15, 0.2) is 54.6 Å². The lowest BCUT2D eigenvalue weighted by molar-refractivity contribution is -0.148. The summed E-state index contributed by atoms with van der Waals surface area (Å²) < 4.78 is 20.7. The lowest BCUT2D eigenvalue weighted by Crippen LogP contribution is -2.29. The number of ether oxygens (including phenoxy) is 1. The van der Waals surface area contributed by atoms with Crippen molar-refractivity contribution < 1.29 is 18.7 Å². The van der Waals surface area contributed by atoms with E-state index >= 15 is 0 Å². The van der Waals surface area contributed by atoms with E-state index in [0.29, 0.717) is 6.54 Å². The molecule has 2 aromatic carbocycles. The number of halogens is 1. The molecule has 1 amide bonds. The molecule has 3 rings (SSSR count). The van der Waals surface area contributed by atoms with Crippen molar-refractivity contribution in [2.24, 2.45) is 0 Å². The van der Waals surface area contributed by atoms with Gasteiger partial charge in [0.15, 0.2) is 6.10 Å². The normalized spacial score (nSPS) is 12.0. The van der Waals surface area contributed by atoms with Gasteiger partial charge in [0.1, 0.15) is 5.82 Å². The summed E-state index contributed by atoms with van der Waals surface area (Å²) in [6.45, 7) is 7.90. The number of anilines is 1. The van der Waals surface area contributed by atoms with Crippen molar-refractivity contribution in [3.63, 3.8) is 0 Å². The lowest BCUT2D eigenvalue weighted by Gasteiger charge is -2.12. The van der Waals surface area contributed by atoms with Gasteiger partial charge < -0.3 is 10.1 Å². The number of para-hydroxylation sites is 1. The van der Waals surface area contributed by atoms with E-state index in [1.165, 1.54) is 36.8 Å². The van der Waals surface area contributed by atoms with Crippen LogP contribution in [0.1, 0.15) is 35.0 Å². The minimum Gasteiger partial charge on any atom is -0.449 e. The Morgan fingerprint density at radius 3 is 2.50 bits per heavy atom. The third-order valence-corrected chi connectivity index (χ3v) is 5.07. The van der Waals surface area contributed by atoms with E-state index in [4.69, 9.17) is 4.74 Å². The molecular formula is C25H26FN3O3. The van der Waals surface area contributed by atoms with Gasteiger partial charge in [-0.15, -0.1) is 0 Å². The Morgan fingerprint density at radius 2 is 1.81 bits per heavy atom. The van der Waals surface area contributed by atoms with Crippen molar-refractivity contribution >= 4 is 23.6 Å². The fourth-order valence-corrected chi connectivity index (χ4v) is 3.19. The summed E-state index contributed by atoms with van der Waals surface area (Å²) in [5.41, 5.74) is 4.87. The Kier molecular flexibility index (Phi) is 7.20. The third kappa shape index (κ3) is 5.69. The first kappa shape index (κ1) is 22.9. The van der Waals surface area contributed by atoms with Crippen molar-refractivity contribution in [2.45, 2.75) is 40.3 Å². The molecule has 0 fully saturated rings. The number of carbonyl (C=O) groups excluding carboxylic acids is 2. The van der Waals surface area contributed by atoms with Crippen LogP contribution in [0.3, 0.4) is 0 Å². The highest BCUT2D eigenvalue weighted by Gasteiger charge is 2.18. The minimum absolute atomic E-state index is 0.0307. The maximum atomic E-state index is 13.7. The van der Waals surface area contributed by atoms with Gasteiger partial charge in [-0.3, -0.25) is 9.48 Å². The predicted octanol–water partition coefficient (Wildman–Crippen LogP) is 4.58. The summed E-state index contributed by atoms with van der Waals surface area (Å²) in [7, 11) is 0. The Bertz CT molecular complexity index is 1150. The number of benzene rings is 2. The van der Waals surface area contributed by atoms with Crippen LogP contribution in [0.5, 0.6) is 0 Å². The van der Waals surface area contributed by atoms with Gasteiger partial charge in [0.2, 0.25) is 0 Å². The fourth-order valence-electron chi connectivity index (χ4n) is 3.19. The average molecular weight is 435 g/mol. The second kappa shape index (κ2) is 10.0. The molecule has 0 saturated heterocycles. The van der Waals surface area contributed by atoms with Crippen LogP contribution in [-0.2, 0) is 20.9 Å². The molecule has 0 bridgehead atoms. The SMILES string of the molecule is Cc1ccc(Cn2nc(C)c(/C=C/C(=O)OC(C)C(=O)Nc3ccccc3F)c2C)cc1. The number of aromatic nitrogens is 2. The van der Waals surface area contributed by atoms with Crippen molar-refractivity contribution in [2.75, 3.05) is 5.32 Å². The summed E-state index contributed by atoms with van der Waals surface area (Å²) in [6, 6.07) is 14.0. The van der Waals surface area contributed by atoms with E-state index in [0.717, 1.165) is 22.5 Å². The van der Waals surface area contributed by atoms with E-state index in [1.54, 1.807) is 12.1 Å². The van der Waals surface area contributed by atoms with E-state index in [9.17, 15) is 14.0 Å². The Hall–Kier alpha value is -3.74. The van der Waals surface area contributed by atoms with Gasteiger partial charge in [-0.25, -0.2) is 9.18 Å². The zero-order valence-electron chi connectivity index (χ0n) is 18.6. The van der Waals surface area contributed by atoms with Gasteiger partial charge in [0.25, 0.3) is 5.91 Å². The van der Waals surface area contributed by atoms with Crippen molar-refractivity contribution in [1.82, 2.24) is 9.78 Å². The highest BCUT2D eigenvalue weighted by molar-refractivity contribution is 5.96. The standard InChI is InChI=1S/C25H26FN3O3/c1-16-9-11-20(12-10-16)15-29-18(3)21(17(2)28-29)13-14-24(30)32-19(4)25(31)27-23-8-6-5-7-22(23)26/h5-14,19H,15H2,1-4H3,(H,27,31)/b14-13+. The Morgan fingerprint density at radius 1 is 1.12 bits per heavy atom. The van der Waals surface area contributed by atoms with Gasteiger partial charge in [0, 0.05) is 17.3 Å². The number of aryl methyl sites for hydroxylation is 2. The summed E-state index contributed by atoms with van der Waals surface area (Å²) in [4.78, 5) is 24.4. The van der Waals surface area contributed by atoms with Crippen molar-refractivity contribution in [3.05, 3.63) is 88.5 Å². The quantitative estimate of drug-likeness (QED) is 0.436. The number of nitrogens with one attached hydrogen (secondary N) is 1. The molecule has 1 N–H and O–H groups in total. The van der Waals surface area contributed by atoms with Gasteiger partial charge in [-0.2, -0.15) is 5.10 Å². The third-order valence-electron chi connectivity index (χ3n) is 5.07. The van der Waals surface area contributed by atoms with Gasteiger partial charge in [0.05, 0.1) is 17.9 Å². The fraction of sp³-hybridized carbons (Fsp3) is 0.240. The average Bonchev–Trinajstić information content (AvgIpc) is 3.02. The maximum absolute atomic E-state index is 13.7. The van der Waals surface area contributed by atoms with Crippen LogP contribution in [0.4, 0.5) is 10.1 Å². The summed E-state index contributed by atoms with van der Waals surface area (Å²) in [5, 5.41) is 6.97. The van der Waals surface area contributed by atoms with Crippen LogP contribution in [0.2, 0.25) is 0 Å². The molecule has 0 aliphatic rings. The zero-order valence-corrected chi connectivity index (χ0v) is 18.6. The number of hydrogen-bond acceptors (Lipinski definition) is 4. The second-order valence-electron chi connectivity index (χ2n) is 7.61. The molecule has 6 nitrogen and oxygen atoms in total. The summed E-state index contributed by atoms with van der Waals surface area (Å²) in [5.74, 6) is -1.85. The molecule has 1 heterocycles. The number of rotatable bonds is 7. The predicted molar refractivity (Wildman–Crippen MR) is 122 cm³/mol. The molecule has 0 aliphatic carbocycles. The highest BCUT2D eigenvalue weighted by atomic mass is 19.1. The molecule has 7 heteroatoms. The molecule has 0 radical (unpaired) electrons. The van der Waals surface area contributed by atoms with Crippen LogP contribution in [-0.4, -0.2) is 27.8 Å². The van der Waals surface area contributed by atoms with Gasteiger partial charge in [-0.1, -0.05) is 42.0 Å². The van der Waals surface area contributed by atoms with Crippen molar-refractivity contribution in [1.29, 1.82) is 0 Å². The molecule has 32 heavy (non-hydrogen) atoms. The summed E-state index contributed by atoms with van der Waals surface area (Å²) >= 11 is 0.